The lowest BCUT2D eigenvalue weighted by Crippen LogP contribution is -2.64. The highest BCUT2D eigenvalue weighted by Gasteiger charge is 2.48. The standard InChI is InChI=1S/C19H33N3O3Si/c1-9-13-10-14(21-22(13)6)16(23)11-15-17(18(24)20-15)12(2)25-26(7,8)19(3,4)5/h10,12,15,17H,9,11H2,1-8H3,(H,20,24)/t12-,15+,17+/m1/s1. The summed E-state index contributed by atoms with van der Waals surface area (Å²) in [5.74, 6) is -0.332. The topological polar surface area (TPSA) is 73.2 Å². The van der Waals surface area contributed by atoms with E-state index < -0.39 is 8.32 Å². The predicted molar refractivity (Wildman–Crippen MR) is 105 cm³/mol. The van der Waals surface area contributed by atoms with Gasteiger partial charge in [-0.1, -0.05) is 27.7 Å². The third kappa shape index (κ3) is 4.09. The van der Waals surface area contributed by atoms with Gasteiger partial charge in [0.25, 0.3) is 0 Å². The van der Waals surface area contributed by atoms with Crippen molar-refractivity contribution in [2.75, 3.05) is 0 Å². The van der Waals surface area contributed by atoms with E-state index in [4.69, 9.17) is 4.43 Å². The molecule has 0 bridgehead atoms. The number of Topliss-reactive ketones (excluding diaryl/α,β-unsaturated/α-hetero) is 1. The molecular weight excluding hydrogens is 346 g/mol. The highest BCUT2D eigenvalue weighted by atomic mass is 28.4. The van der Waals surface area contributed by atoms with Gasteiger partial charge in [-0.2, -0.15) is 5.10 Å². The summed E-state index contributed by atoms with van der Waals surface area (Å²) in [7, 11) is -0.120. The van der Waals surface area contributed by atoms with Crippen LogP contribution in [0.15, 0.2) is 6.07 Å². The Hall–Kier alpha value is -1.47. The van der Waals surface area contributed by atoms with Gasteiger partial charge in [-0.3, -0.25) is 14.3 Å². The van der Waals surface area contributed by atoms with Crippen LogP contribution in [0.5, 0.6) is 0 Å². The van der Waals surface area contributed by atoms with Gasteiger partial charge < -0.3 is 9.74 Å². The SMILES string of the molecule is CCc1cc(C(=O)C[C@@H]2NC(=O)[C@H]2[C@@H](C)O[Si](C)(C)C(C)(C)C)nn1C. The van der Waals surface area contributed by atoms with E-state index in [9.17, 15) is 9.59 Å². The second-order valence-electron chi connectivity index (χ2n) is 8.85. The summed E-state index contributed by atoms with van der Waals surface area (Å²) in [6, 6.07) is 1.66. The number of hydrogen-bond donors (Lipinski definition) is 1. The van der Waals surface area contributed by atoms with E-state index in [1.165, 1.54) is 0 Å². The Kier molecular flexibility index (Phi) is 5.82. The van der Waals surface area contributed by atoms with Gasteiger partial charge in [0.15, 0.2) is 14.1 Å². The van der Waals surface area contributed by atoms with Gasteiger partial charge in [0.2, 0.25) is 5.91 Å². The number of nitrogens with one attached hydrogen (secondary N) is 1. The van der Waals surface area contributed by atoms with Crippen LogP contribution >= 0.6 is 0 Å². The van der Waals surface area contributed by atoms with Crippen LogP contribution in [-0.2, 0) is 22.7 Å². The van der Waals surface area contributed by atoms with Crippen molar-refractivity contribution < 1.29 is 14.0 Å². The zero-order valence-corrected chi connectivity index (χ0v) is 18.3. The van der Waals surface area contributed by atoms with Gasteiger partial charge >= 0.3 is 0 Å². The van der Waals surface area contributed by atoms with Gasteiger partial charge in [-0.05, 0) is 37.5 Å². The van der Waals surface area contributed by atoms with Crippen LogP contribution in [0.25, 0.3) is 0 Å². The molecule has 2 rings (SSSR count). The van der Waals surface area contributed by atoms with E-state index in [-0.39, 0.29) is 41.2 Å². The molecule has 0 unspecified atom stereocenters. The van der Waals surface area contributed by atoms with Crippen LogP contribution in [-0.4, -0.2) is 41.9 Å². The second-order valence-corrected chi connectivity index (χ2v) is 13.6. The summed E-state index contributed by atoms with van der Waals surface area (Å²) >= 11 is 0. The maximum absolute atomic E-state index is 12.6. The van der Waals surface area contributed by atoms with E-state index in [1.54, 1.807) is 4.68 Å². The number of aromatic nitrogens is 2. The van der Waals surface area contributed by atoms with Crippen molar-refractivity contribution >= 4 is 20.0 Å². The number of nitrogens with zero attached hydrogens (tertiary/aromatic N) is 2. The lowest BCUT2D eigenvalue weighted by atomic mass is 9.83. The molecule has 3 atom stereocenters. The monoisotopic (exact) mass is 379 g/mol. The number of ketones is 1. The normalized spacial score (nSPS) is 21.9. The summed E-state index contributed by atoms with van der Waals surface area (Å²) in [6.45, 7) is 14.9. The van der Waals surface area contributed by atoms with Gasteiger partial charge in [0.05, 0.1) is 18.1 Å². The van der Waals surface area contributed by atoms with E-state index >= 15 is 0 Å². The molecule has 0 saturated carbocycles. The molecule has 1 amide bonds. The van der Waals surface area contributed by atoms with Gasteiger partial charge in [0, 0.05) is 19.2 Å². The van der Waals surface area contributed by atoms with Crippen LogP contribution in [0, 0.1) is 5.92 Å². The van der Waals surface area contributed by atoms with Crippen molar-refractivity contribution in [1.29, 1.82) is 0 Å². The Labute approximate surface area is 157 Å². The van der Waals surface area contributed by atoms with Crippen molar-refractivity contribution in [2.24, 2.45) is 13.0 Å². The number of hydrogen-bond acceptors (Lipinski definition) is 4. The molecule has 26 heavy (non-hydrogen) atoms. The lowest BCUT2D eigenvalue weighted by molar-refractivity contribution is -0.139. The molecule has 1 saturated heterocycles. The average Bonchev–Trinajstić information content (AvgIpc) is 2.85. The Balaban J connectivity index is 2.04. The molecule has 1 aromatic heterocycles. The fourth-order valence-electron chi connectivity index (χ4n) is 3.17. The molecule has 1 aromatic rings. The Bertz CT molecular complexity index is 691. The molecule has 146 valence electrons. The molecule has 6 nitrogen and oxygen atoms in total. The first-order valence-corrected chi connectivity index (χ1v) is 12.3. The number of aryl methyl sites for hydroxylation is 2. The van der Waals surface area contributed by atoms with Crippen molar-refractivity contribution in [2.45, 2.75) is 77.7 Å². The van der Waals surface area contributed by atoms with Crippen LogP contribution in [0.1, 0.15) is 57.2 Å². The van der Waals surface area contributed by atoms with Gasteiger partial charge in [-0.15, -0.1) is 0 Å². The highest BCUT2D eigenvalue weighted by Crippen LogP contribution is 2.39. The first kappa shape index (κ1) is 20.8. The van der Waals surface area contributed by atoms with E-state index in [0.29, 0.717) is 5.69 Å². The molecular formula is C19H33N3O3Si. The fourth-order valence-corrected chi connectivity index (χ4v) is 4.60. The minimum atomic E-state index is -1.97. The molecule has 0 radical (unpaired) electrons. The largest absolute Gasteiger partial charge is 0.413 e. The number of carbonyl (C=O) groups excluding carboxylic acids is 2. The molecule has 0 spiro atoms. The summed E-state index contributed by atoms with van der Waals surface area (Å²) in [4.78, 5) is 24.7. The quantitative estimate of drug-likeness (QED) is 0.449. The first-order chi connectivity index (χ1) is 11.9. The molecule has 1 fully saturated rings. The van der Waals surface area contributed by atoms with Crippen LogP contribution in [0.2, 0.25) is 18.1 Å². The predicted octanol–water partition coefficient (Wildman–Crippen LogP) is 3.08. The maximum Gasteiger partial charge on any atom is 0.228 e. The van der Waals surface area contributed by atoms with Gasteiger partial charge in [0.1, 0.15) is 5.69 Å². The fraction of sp³-hybridized carbons (Fsp3) is 0.737. The number of β-lactam (4-membered cyclic amide) rings is 1. The molecule has 1 aliphatic rings. The first-order valence-electron chi connectivity index (χ1n) is 9.41. The van der Waals surface area contributed by atoms with Crippen molar-refractivity contribution in [3.8, 4) is 0 Å². The minimum Gasteiger partial charge on any atom is -0.413 e. The summed E-state index contributed by atoms with van der Waals surface area (Å²) in [5, 5.41) is 7.26. The molecule has 1 aliphatic heterocycles. The minimum absolute atomic E-state index is 0.0238. The Morgan fingerprint density at radius 2 is 2.04 bits per heavy atom. The van der Waals surface area contributed by atoms with Crippen LogP contribution in [0.3, 0.4) is 0 Å². The molecule has 7 heteroatoms. The number of carbonyl (C=O) groups is 2. The average molecular weight is 380 g/mol. The summed E-state index contributed by atoms with van der Waals surface area (Å²) in [6.07, 6.45) is 0.899. The van der Waals surface area contributed by atoms with Crippen molar-refractivity contribution in [1.82, 2.24) is 15.1 Å². The van der Waals surface area contributed by atoms with Crippen LogP contribution in [0.4, 0.5) is 0 Å². The summed E-state index contributed by atoms with van der Waals surface area (Å²) < 4.78 is 8.13. The number of amides is 1. The summed E-state index contributed by atoms with van der Waals surface area (Å²) in [5.41, 5.74) is 1.50. The zero-order valence-electron chi connectivity index (χ0n) is 17.3. The lowest BCUT2D eigenvalue weighted by Gasteiger charge is -2.45. The van der Waals surface area contributed by atoms with Crippen molar-refractivity contribution in [3.63, 3.8) is 0 Å². The molecule has 0 aliphatic carbocycles. The van der Waals surface area contributed by atoms with E-state index in [2.05, 4.69) is 44.3 Å². The van der Waals surface area contributed by atoms with E-state index in [0.717, 1.165) is 12.1 Å². The zero-order chi connectivity index (χ0) is 19.9. The maximum atomic E-state index is 12.6. The second kappa shape index (κ2) is 7.27. The number of rotatable bonds is 7. The molecule has 2 heterocycles. The van der Waals surface area contributed by atoms with Gasteiger partial charge in [-0.25, -0.2) is 0 Å². The Morgan fingerprint density at radius 3 is 2.50 bits per heavy atom. The van der Waals surface area contributed by atoms with Crippen LogP contribution < -0.4 is 5.32 Å². The Morgan fingerprint density at radius 1 is 1.42 bits per heavy atom. The third-order valence-corrected chi connectivity index (χ3v) is 10.5. The molecule has 0 aromatic carbocycles. The molecule has 1 N–H and O–H groups in total. The van der Waals surface area contributed by atoms with E-state index in [1.807, 2.05) is 27.0 Å². The highest BCUT2D eigenvalue weighted by molar-refractivity contribution is 6.74. The van der Waals surface area contributed by atoms with Crippen molar-refractivity contribution in [3.05, 3.63) is 17.5 Å². The third-order valence-electron chi connectivity index (χ3n) is 5.89. The smallest absolute Gasteiger partial charge is 0.228 e.